The first-order valence-electron chi connectivity index (χ1n) is 7.51. The highest BCUT2D eigenvalue weighted by atomic mass is 35.5. The van der Waals surface area contributed by atoms with E-state index in [1.54, 1.807) is 18.5 Å². The Kier molecular flexibility index (Phi) is 4.73. The van der Waals surface area contributed by atoms with E-state index in [1.807, 2.05) is 0 Å². The molecule has 3 rings (SSSR count). The Morgan fingerprint density at radius 3 is 2.59 bits per heavy atom. The maximum absolute atomic E-state index is 13.2. The van der Waals surface area contributed by atoms with E-state index in [2.05, 4.69) is 20.2 Å². The molecule has 1 fully saturated rings. The lowest BCUT2D eigenvalue weighted by molar-refractivity contribution is 0.628. The molecule has 1 saturated heterocycles. The summed E-state index contributed by atoms with van der Waals surface area (Å²) in [5.41, 5.74) is 0.689. The van der Waals surface area contributed by atoms with Crippen molar-refractivity contribution in [2.75, 3.05) is 23.3 Å². The van der Waals surface area contributed by atoms with Crippen LogP contribution in [-0.2, 0) is 0 Å². The average Bonchev–Trinajstić information content (AvgIpc) is 2.80. The highest BCUT2D eigenvalue weighted by Crippen LogP contribution is 2.23. The molecule has 22 heavy (non-hydrogen) atoms. The van der Waals surface area contributed by atoms with Gasteiger partial charge in [-0.2, -0.15) is 0 Å². The summed E-state index contributed by atoms with van der Waals surface area (Å²) in [7, 11) is 0. The van der Waals surface area contributed by atoms with Crippen molar-refractivity contribution in [2.45, 2.75) is 25.7 Å². The molecule has 0 bridgehead atoms. The lowest BCUT2D eigenvalue weighted by Gasteiger charge is -2.21. The van der Waals surface area contributed by atoms with Crippen molar-refractivity contribution >= 4 is 28.9 Å². The lowest BCUT2D eigenvalue weighted by Crippen LogP contribution is -2.25. The smallest absolute Gasteiger partial charge is 0.151 e. The Hall–Kier alpha value is -1.88. The normalized spacial score (nSPS) is 15.5. The van der Waals surface area contributed by atoms with Crippen molar-refractivity contribution < 1.29 is 4.39 Å². The number of nitrogens with one attached hydrogen (secondary N) is 1. The van der Waals surface area contributed by atoms with Gasteiger partial charge in [0.25, 0.3) is 0 Å². The van der Waals surface area contributed by atoms with Gasteiger partial charge in [-0.3, -0.25) is 4.98 Å². The molecule has 0 amide bonds. The summed E-state index contributed by atoms with van der Waals surface area (Å²) >= 11 is 5.79. The van der Waals surface area contributed by atoms with E-state index in [0.29, 0.717) is 11.5 Å². The number of aromatic nitrogens is 2. The van der Waals surface area contributed by atoms with E-state index in [1.165, 1.54) is 37.8 Å². The average molecular weight is 321 g/mol. The number of hydrogen-bond donors (Lipinski definition) is 1. The van der Waals surface area contributed by atoms with E-state index in [0.717, 1.165) is 18.9 Å². The molecule has 6 heteroatoms. The number of rotatable bonds is 3. The molecule has 1 N–H and O–H groups in total. The second kappa shape index (κ2) is 6.92. The summed E-state index contributed by atoms with van der Waals surface area (Å²) < 4.78 is 13.2. The molecule has 116 valence electrons. The van der Waals surface area contributed by atoms with E-state index in [4.69, 9.17) is 11.6 Å². The summed E-state index contributed by atoms with van der Waals surface area (Å²) in [4.78, 5) is 11.1. The van der Waals surface area contributed by atoms with E-state index < -0.39 is 5.82 Å². The van der Waals surface area contributed by atoms with Crippen molar-refractivity contribution in [3.8, 4) is 0 Å². The van der Waals surface area contributed by atoms with Gasteiger partial charge in [-0.05, 0) is 31.0 Å². The highest BCUT2D eigenvalue weighted by molar-refractivity contribution is 6.31. The van der Waals surface area contributed by atoms with Crippen molar-refractivity contribution in [1.29, 1.82) is 0 Å². The fraction of sp³-hybridized carbons (Fsp3) is 0.375. The quantitative estimate of drug-likeness (QED) is 0.910. The second-order valence-electron chi connectivity index (χ2n) is 5.42. The van der Waals surface area contributed by atoms with Crippen LogP contribution in [0.2, 0.25) is 5.02 Å². The number of anilines is 3. The molecular weight excluding hydrogens is 303 g/mol. The molecule has 0 atom stereocenters. The van der Waals surface area contributed by atoms with Crippen LogP contribution < -0.4 is 10.2 Å². The number of hydrogen-bond acceptors (Lipinski definition) is 4. The van der Waals surface area contributed by atoms with Gasteiger partial charge in [-0.1, -0.05) is 24.4 Å². The first-order chi connectivity index (χ1) is 10.7. The zero-order chi connectivity index (χ0) is 15.4. The first-order valence-corrected chi connectivity index (χ1v) is 7.89. The summed E-state index contributed by atoms with van der Waals surface area (Å²) in [6.45, 7) is 2.03. The van der Waals surface area contributed by atoms with Gasteiger partial charge in [-0.25, -0.2) is 9.37 Å². The van der Waals surface area contributed by atoms with E-state index in [-0.39, 0.29) is 5.02 Å². The molecule has 2 aromatic rings. The molecule has 0 spiro atoms. The molecule has 2 heterocycles. The molecule has 0 unspecified atom stereocenters. The van der Waals surface area contributed by atoms with E-state index >= 15 is 0 Å². The third-order valence-corrected chi connectivity index (χ3v) is 4.03. The van der Waals surface area contributed by atoms with Gasteiger partial charge in [-0.15, -0.1) is 0 Å². The Morgan fingerprint density at radius 2 is 1.86 bits per heavy atom. The van der Waals surface area contributed by atoms with Gasteiger partial charge in [0.15, 0.2) is 5.82 Å². The largest absolute Gasteiger partial charge is 0.355 e. The van der Waals surface area contributed by atoms with E-state index in [9.17, 15) is 4.39 Å². The van der Waals surface area contributed by atoms with Gasteiger partial charge in [0, 0.05) is 18.8 Å². The van der Waals surface area contributed by atoms with Crippen molar-refractivity contribution in [1.82, 2.24) is 9.97 Å². The van der Waals surface area contributed by atoms with Gasteiger partial charge in [0.1, 0.15) is 11.6 Å². The number of nitrogens with zero attached hydrogens (tertiary/aromatic N) is 3. The highest BCUT2D eigenvalue weighted by Gasteiger charge is 2.12. The Balaban J connectivity index is 1.76. The van der Waals surface area contributed by atoms with Crippen molar-refractivity contribution in [3.05, 3.63) is 41.4 Å². The van der Waals surface area contributed by atoms with Crippen LogP contribution in [0, 0.1) is 5.82 Å². The third kappa shape index (κ3) is 3.65. The van der Waals surface area contributed by atoms with Crippen LogP contribution in [0.3, 0.4) is 0 Å². The summed E-state index contributed by atoms with van der Waals surface area (Å²) in [6.07, 6.45) is 8.36. The van der Waals surface area contributed by atoms with Gasteiger partial charge < -0.3 is 10.2 Å². The minimum absolute atomic E-state index is 0.0848. The molecule has 0 saturated carbocycles. The standard InChI is InChI=1S/C16H18ClFN4/c17-13-9-12(5-6-14(13)18)20-15-10-19-11-16(21-15)22-7-3-1-2-4-8-22/h5-6,9-11H,1-4,7-8H2,(H,20,21). The molecule has 1 aromatic carbocycles. The predicted molar refractivity (Wildman–Crippen MR) is 87.4 cm³/mol. The van der Waals surface area contributed by atoms with Crippen molar-refractivity contribution in [2.24, 2.45) is 0 Å². The predicted octanol–water partition coefficient (Wildman–Crippen LogP) is 4.39. The monoisotopic (exact) mass is 320 g/mol. The third-order valence-electron chi connectivity index (χ3n) is 3.74. The Bertz CT molecular complexity index is 642. The molecule has 1 aliphatic heterocycles. The molecule has 4 nitrogen and oxygen atoms in total. The zero-order valence-electron chi connectivity index (χ0n) is 12.2. The topological polar surface area (TPSA) is 41.1 Å². The minimum Gasteiger partial charge on any atom is -0.355 e. The lowest BCUT2D eigenvalue weighted by atomic mass is 10.2. The van der Waals surface area contributed by atoms with Crippen LogP contribution in [-0.4, -0.2) is 23.1 Å². The summed E-state index contributed by atoms with van der Waals surface area (Å²) in [5, 5.41) is 3.20. The first kappa shape index (κ1) is 15.0. The van der Waals surface area contributed by atoms with Gasteiger partial charge >= 0.3 is 0 Å². The molecule has 0 aliphatic carbocycles. The van der Waals surface area contributed by atoms with Gasteiger partial charge in [0.05, 0.1) is 17.4 Å². The SMILES string of the molecule is Fc1ccc(Nc2cncc(N3CCCCCC3)n2)cc1Cl. The Morgan fingerprint density at radius 1 is 1.09 bits per heavy atom. The Labute approximate surface area is 134 Å². The maximum atomic E-state index is 13.2. The molecular formula is C16H18ClFN4. The molecule has 1 aliphatic rings. The zero-order valence-corrected chi connectivity index (χ0v) is 13.0. The van der Waals surface area contributed by atoms with Crippen LogP contribution in [0.5, 0.6) is 0 Å². The fourth-order valence-electron chi connectivity index (χ4n) is 2.59. The van der Waals surface area contributed by atoms with Crippen LogP contribution >= 0.6 is 11.6 Å². The number of halogens is 2. The van der Waals surface area contributed by atoms with Crippen LogP contribution in [0.25, 0.3) is 0 Å². The fourth-order valence-corrected chi connectivity index (χ4v) is 2.77. The minimum atomic E-state index is -0.434. The van der Waals surface area contributed by atoms with Crippen LogP contribution in [0.4, 0.5) is 21.7 Å². The number of benzene rings is 1. The van der Waals surface area contributed by atoms with Crippen LogP contribution in [0.1, 0.15) is 25.7 Å². The second-order valence-corrected chi connectivity index (χ2v) is 5.82. The maximum Gasteiger partial charge on any atom is 0.151 e. The van der Waals surface area contributed by atoms with Gasteiger partial charge in [0.2, 0.25) is 0 Å². The van der Waals surface area contributed by atoms with Crippen LogP contribution in [0.15, 0.2) is 30.6 Å². The van der Waals surface area contributed by atoms with Crippen molar-refractivity contribution in [3.63, 3.8) is 0 Å². The molecule has 0 radical (unpaired) electrons. The summed E-state index contributed by atoms with van der Waals surface area (Å²) in [5.74, 6) is 1.07. The summed E-state index contributed by atoms with van der Waals surface area (Å²) in [6, 6.07) is 4.50. The molecule has 1 aromatic heterocycles.